The highest BCUT2D eigenvalue weighted by molar-refractivity contribution is 9.10. The number of benzene rings is 2. The molecule has 3 aromatic rings. The molecule has 0 fully saturated rings. The molecule has 10 heteroatoms. The second-order valence-electron chi connectivity index (χ2n) is 6.15. The first kappa shape index (κ1) is 22.5. The molecule has 1 N–H and O–H groups in total. The van der Waals surface area contributed by atoms with Gasteiger partial charge in [0.25, 0.3) is 11.5 Å². The molecule has 0 unspecified atom stereocenters. The Hall–Kier alpha value is -3.17. The van der Waals surface area contributed by atoms with Gasteiger partial charge in [-0.25, -0.2) is 4.79 Å². The summed E-state index contributed by atoms with van der Waals surface area (Å²) in [5.41, 5.74) is 0.198. The van der Waals surface area contributed by atoms with E-state index in [4.69, 9.17) is 21.1 Å². The number of ether oxygens (including phenoxy) is 2. The summed E-state index contributed by atoms with van der Waals surface area (Å²) in [6, 6.07) is 14.5. The van der Waals surface area contributed by atoms with E-state index in [9.17, 15) is 14.4 Å². The Balaban J connectivity index is 1.85. The molecule has 0 aliphatic rings. The van der Waals surface area contributed by atoms with E-state index in [1.54, 1.807) is 55.5 Å². The van der Waals surface area contributed by atoms with Crippen molar-refractivity contribution in [3.8, 4) is 11.4 Å². The van der Waals surface area contributed by atoms with Crippen molar-refractivity contribution in [3.63, 3.8) is 0 Å². The molecule has 1 heterocycles. The van der Waals surface area contributed by atoms with Crippen LogP contribution in [0.15, 0.2) is 63.9 Å². The maximum Gasteiger partial charge on any atom is 0.362 e. The van der Waals surface area contributed by atoms with Gasteiger partial charge in [-0.2, -0.15) is 9.78 Å². The lowest BCUT2D eigenvalue weighted by Gasteiger charge is -2.13. The highest BCUT2D eigenvalue weighted by Gasteiger charge is 2.20. The van der Waals surface area contributed by atoms with Crippen LogP contribution in [0, 0.1) is 0 Å². The lowest BCUT2D eigenvalue weighted by molar-refractivity contribution is -0.118. The molecule has 2 aromatic carbocycles. The summed E-state index contributed by atoms with van der Waals surface area (Å²) in [6.07, 6.45) is 0. The zero-order chi connectivity index (χ0) is 22.4. The molecule has 0 aliphatic heterocycles. The third kappa shape index (κ3) is 5.93. The van der Waals surface area contributed by atoms with Gasteiger partial charge in [0.05, 0.1) is 18.4 Å². The van der Waals surface area contributed by atoms with Crippen LogP contribution in [0.25, 0.3) is 5.69 Å². The van der Waals surface area contributed by atoms with Crippen molar-refractivity contribution in [1.82, 2.24) is 9.78 Å². The van der Waals surface area contributed by atoms with Crippen LogP contribution in [0.1, 0.15) is 17.4 Å². The van der Waals surface area contributed by atoms with Crippen LogP contribution < -0.4 is 15.6 Å². The molecule has 160 valence electrons. The number of anilines is 1. The smallest absolute Gasteiger partial charge is 0.362 e. The fourth-order valence-corrected chi connectivity index (χ4v) is 3.07. The number of halogens is 2. The molecule has 0 spiro atoms. The highest BCUT2D eigenvalue weighted by atomic mass is 79.9. The zero-order valence-electron chi connectivity index (χ0n) is 16.3. The number of nitrogens with one attached hydrogen (secondary N) is 1. The van der Waals surface area contributed by atoms with Crippen molar-refractivity contribution in [3.05, 3.63) is 80.1 Å². The van der Waals surface area contributed by atoms with Gasteiger partial charge in [-0.1, -0.05) is 33.6 Å². The molecule has 8 nitrogen and oxygen atoms in total. The average Bonchev–Trinajstić information content (AvgIpc) is 2.74. The number of hydrogen-bond donors (Lipinski definition) is 1. The number of aromatic nitrogens is 2. The Morgan fingerprint density at radius 3 is 2.58 bits per heavy atom. The first-order valence-electron chi connectivity index (χ1n) is 9.13. The molecule has 0 aliphatic carbocycles. The van der Waals surface area contributed by atoms with Gasteiger partial charge in [0, 0.05) is 15.2 Å². The number of esters is 1. The molecular weight excluding hydrogens is 490 g/mol. The van der Waals surface area contributed by atoms with Crippen molar-refractivity contribution in [2.45, 2.75) is 6.92 Å². The van der Waals surface area contributed by atoms with Crippen LogP contribution in [-0.4, -0.2) is 34.9 Å². The van der Waals surface area contributed by atoms with Crippen LogP contribution in [0.5, 0.6) is 5.75 Å². The largest absolute Gasteiger partial charge is 0.481 e. The summed E-state index contributed by atoms with van der Waals surface area (Å²) in [7, 11) is 0. The van der Waals surface area contributed by atoms with E-state index in [1.807, 2.05) is 0 Å². The normalized spacial score (nSPS) is 10.4. The van der Waals surface area contributed by atoms with Crippen molar-refractivity contribution in [1.29, 1.82) is 0 Å². The number of amides is 1. The van der Waals surface area contributed by atoms with E-state index in [0.717, 1.165) is 15.2 Å². The summed E-state index contributed by atoms with van der Waals surface area (Å²) in [6.45, 7) is 1.30. The Bertz CT molecular complexity index is 1160. The van der Waals surface area contributed by atoms with E-state index >= 15 is 0 Å². The van der Waals surface area contributed by atoms with Crippen LogP contribution >= 0.6 is 27.5 Å². The summed E-state index contributed by atoms with van der Waals surface area (Å²) in [4.78, 5) is 37.2. The molecule has 0 radical (unpaired) electrons. The van der Waals surface area contributed by atoms with Gasteiger partial charge in [0.1, 0.15) is 0 Å². The topological polar surface area (TPSA) is 99.5 Å². The zero-order valence-corrected chi connectivity index (χ0v) is 18.6. The average molecular weight is 507 g/mol. The second-order valence-corrected chi connectivity index (χ2v) is 7.50. The maximum atomic E-state index is 12.6. The highest BCUT2D eigenvalue weighted by Crippen LogP contribution is 2.19. The lowest BCUT2D eigenvalue weighted by atomic mass is 10.3. The summed E-state index contributed by atoms with van der Waals surface area (Å²) < 4.78 is 12.2. The SMILES string of the molecule is CCOC(=O)c1nn(-c2cccc(Br)c2)c(=O)cc1OCC(=O)Nc1ccc(Cl)cc1. The molecule has 1 amide bonds. The molecule has 0 bridgehead atoms. The minimum absolute atomic E-state index is 0.104. The number of hydrogen-bond acceptors (Lipinski definition) is 6. The van der Waals surface area contributed by atoms with Crippen molar-refractivity contribution in [2.24, 2.45) is 0 Å². The van der Waals surface area contributed by atoms with E-state index in [2.05, 4.69) is 26.3 Å². The van der Waals surface area contributed by atoms with Gasteiger partial charge >= 0.3 is 5.97 Å². The van der Waals surface area contributed by atoms with E-state index < -0.39 is 24.0 Å². The van der Waals surface area contributed by atoms with Gasteiger partial charge in [-0.3, -0.25) is 9.59 Å². The minimum atomic E-state index is -0.778. The third-order valence-corrected chi connectivity index (χ3v) is 4.65. The predicted molar refractivity (Wildman–Crippen MR) is 119 cm³/mol. The summed E-state index contributed by atoms with van der Waals surface area (Å²) >= 11 is 9.15. The summed E-state index contributed by atoms with van der Waals surface area (Å²) in [5.74, 6) is -1.42. The second kappa shape index (κ2) is 10.2. The quantitative estimate of drug-likeness (QED) is 0.489. The van der Waals surface area contributed by atoms with Gasteiger partial charge in [-0.05, 0) is 49.4 Å². The first-order chi connectivity index (χ1) is 14.9. The van der Waals surface area contributed by atoms with Gasteiger partial charge in [0.15, 0.2) is 12.4 Å². The number of rotatable bonds is 7. The minimum Gasteiger partial charge on any atom is -0.481 e. The monoisotopic (exact) mass is 505 g/mol. The molecule has 1 aromatic heterocycles. The molecule has 0 saturated heterocycles. The van der Waals surface area contributed by atoms with Crippen molar-refractivity contribution < 1.29 is 19.1 Å². The lowest BCUT2D eigenvalue weighted by Crippen LogP contribution is -2.27. The molecule has 0 atom stereocenters. The standard InChI is InChI=1S/C21H17BrClN3O5/c1-2-30-21(29)20-17(31-12-18(27)24-15-8-6-14(23)7-9-15)11-19(28)26(25-20)16-5-3-4-13(22)10-16/h3-11H,2,12H2,1H3,(H,24,27). The van der Waals surface area contributed by atoms with Crippen molar-refractivity contribution >= 4 is 45.1 Å². The number of carbonyl (C=O) groups is 2. The fraction of sp³-hybridized carbons (Fsp3) is 0.143. The van der Waals surface area contributed by atoms with Gasteiger partial charge in [-0.15, -0.1) is 0 Å². The predicted octanol–water partition coefficient (Wildman–Crippen LogP) is 3.84. The van der Waals surface area contributed by atoms with Crippen LogP contribution in [0.3, 0.4) is 0 Å². The Morgan fingerprint density at radius 2 is 1.90 bits per heavy atom. The number of nitrogens with zero attached hydrogens (tertiary/aromatic N) is 2. The van der Waals surface area contributed by atoms with Crippen LogP contribution in [-0.2, 0) is 9.53 Å². The molecule has 31 heavy (non-hydrogen) atoms. The Kier molecular flexibility index (Phi) is 7.43. The third-order valence-electron chi connectivity index (χ3n) is 3.91. The Labute approximate surface area is 190 Å². The fourth-order valence-electron chi connectivity index (χ4n) is 2.56. The Morgan fingerprint density at radius 1 is 1.16 bits per heavy atom. The molecule has 0 saturated carbocycles. The molecule has 3 rings (SSSR count). The van der Waals surface area contributed by atoms with Gasteiger partial charge < -0.3 is 14.8 Å². The van der Waals surface area contributed by atoms with Crippen LogP contribution in [0.2, 0.25) is 5.02 Å². The van der Waals surface area contributed by atoms with Gasteiger partial charge in [0.2, 0.25) is 5.69 Å². The molecular formula is C21H17BrClN3O5. The number of carbonyl (C=O) groups excluding carboxylic acids is 2. The maximum absolute atomic E-state index is 12.6. The van der Waals surface area contributed by atoms with E-state index in [1.165, 1.54) is 0 Å². The van der Waals surface area contributed by atoms with E-state index in [0.29, 0.717) is 16.4 Å². The summed E-state index contributed by atoms with van der Waals surface area (Å²) in [5, 5.41) is 7.27. The van der Waals surface area contributed by atoms with E-state index in [-0.39, 0.29) is 18.1 Å². The first-order valence-corrected chi connectivity index (χ1v) is 10.3. The van der Waals surface area contributed by atoms with Crippen molar-refractivity contribution in [2.75, 3.05) is 18.5 Å². The van der Waals surface area contributed by atoms with Crippen LogP contribution in [0.4, 0.5) is 5.69 Å².